The van der Waals surface area contributed by atoms with E-state index < -0.39 is 10.0 Å². The Labute approximate surface area is 188 Å². The zero-order chi connectivity index (χ0) is 22.7. The van der Waals surface area contributed by atoms with Crippen LogP contribution >= 0.6 is 0 Å². The van der Waals surface area contributed by atoms with Gasteiger partial charge in [-0.05, 0) is 62.4 Å². The number of carbonyl (C=O) groups is 1. The molecule has 168 valence electrons. The maximum Gasteiger partial charge on any atom is 0.240 e. The highest BCUT2D eigenvalue weighted by atomic mass is 32.2. The van der Waals surface area contributed by atoms with Gasteiger partial charge >= 0.3 is 0 Å². The Balaban J connectivity index is 1.34. The summed E-state index contributed by atoms with van der Waals surface area (Å²) >= 11 is 0. The van der Waals surface area contributed by atoms with Gasteiger partial charge in [-0.2, -0.15) is 5.10 Å². The first-order valence-corrected chi connectivity index (χ1v) is 12.3. The number of benzene rings is 2. The third-order valence-corrected chi connectivity index (χ3v) is 7.35. The van der Waals surface area contributed by atoms with Gasteiger partial charge in [0.25, 0.3) is 0 Å². The number of para-hydroxylation sites is 1. The van der Waals surface area contributed by atoms with E-state index in [1.54, 1.807) is 19.1 Å². The molecular formula is C24H28N4O3S. The van der Waals surface area contributed by atoms with Crippen LogP contribution in [0.2, 0.25) is 0 Å². The quantitative estimate of drug-likeness (QED) is 0.550. The Bertz CT molecular complexity index is 1230. The van der Waals surface area contributed by atoms with E-state index in [-0.39, 0.29) is 23.8 Å². The van der Waals surface area contributed by atoms with Crippen molar-refractivity contribution >= 4 is 15.9 Å². The highest BCUT2D eigenvalue weighted by Crippen LogP contribution is 2.27. The molecule has 1 aliphatic rings. The number of nitrogens with one attached hydrogen (secondary N) is 2. The van der Waals surface area contributed by atoms with Crippen molar-refractivity contribution in [3.8, 4) is 5.69 Å². The fraction of sp³-hybridized carbons (Fsp3) is 0.333. The summed E-state index contributed by atoms with van der Waals surface area (Å²) in [6.07, 6.45) is 3.08. The van der Waals surface area contributed by atoms with E-state index in [9.17, 15) is 13.2 Å². The fourth-order valence-corrected chi connectivity index (χ4v) is 5.44. The SMILES string of the molecule is Cc1ccc(S(=O)(=O)NCCC(=O)NCc2nn(-c3ccccc3)c3c2CCC3)c(C)c1. The van der Waals surface area contributed by atoms with E-state index in [1.807, 2.05) is 48.0 Å². The molecule has 0 aliphatic heterocycles. The summed E-state index contributed by atoms with van der Waals surface area (Å²) in [4.78, 5) is 12.6. The zero-order valence-corrected chi connectivity index (χ0v) is 19.2. The summed E-state index contributed by atoms with van der Waals surface area (Å²) in [5, 5.41) is 7.63. The van der Waals surface area contributed by atoms with E-state index in [4.69, 9.17) is 5.10 Å². The van der Waals surface area contributed by atoms with Gasteiger partial charge < -0.3 is 5.32 Å². The van der Waals surface area contributed by atoms with E-state index in [2.05, 4.69) is 10.0 Å². The number of sulfonamides is 1. The molecule has 1 amide bonds. The second kappa shape index (κ2) is 9.26. The predicted molar refractivity (Wildman–Crippen MR) is 123 cm³/mol. The molecule has 1 aromatic heterocycles. The number of nitrogens with zero attached hydrogens (tertiary/aromatic N) is 2. The highest BCUT2D eigenvalue weighted by Gasteiger charge is 2.23. The number of rotatable bonds is 8. The molecule has 3 aromatic rings. The van der Waals surface area contributed by atoms with Crippen molar-refractivity contribution in [1.82, 2.24) is 19.8 Å². The Hall–Kier alpha value is -2.97. The molecule has 8 heteroatoms. The van der Waals surface area contributed by atoms with Crippen molar-refractivity contribution in [1.29, 1.82) is 0 Å². The summed E-state index contributed by atoms with van der Waals surface area (Å²) in [6, 6.07) is 15.2. The molecule has 0 radical (unpaired) electrons. The average Bonchev–Trinajstić information content (AvgIpc) is 3.35. The summed E-state index contributed by atoms with van der Waals surface area (Å²) in [5.41, 5.74) is 6.01. The van der Waals surface area contributed by atoms with Gasteiger partial charge in [-0.15, -0.1) is 0 Å². The molecule has 1 heterocycles. The average molecular weight is 453 g/mol. The van der Waals surface area contributed by atoms with Gasteiger partial charge in [0.2, 0.25) is 15.9 Å². The number of aryl methyl sites for hydroxylation is 2. The third kappa shape index (κ3) is 4.76. The number of aromatic nitrogens is 2. The molecule has 0 atom stereocenters. The minimum Gasteiger partial charge on any atom is -0.350 e. The smallest absolute Gasteiger partial charge is 0.240 e. The minimum atomic E-state index is -3.65. The molecule has 4 rings (SSSR count). The topological polar surface area (TPSA) is 93.1 Å². The summed E-state index contributed by atoms with van der Waals surface area (Å²) in [5.74, 6) is -0.214. The van der Waals surface area contributed by atoms with E-state index >= 15 is 0 Å². The van der Waals surface area contributed by atoms with Crippen LogP contribution in [0.4, 0.5) is 0 Å². The lowest BCUT2D eigenvalue weighted by molar-refractivity contribution is -0.121. The van der Waals surface area contributed by atoms with Crippen LogP contribution in [0.15, 0.2) is 53.4 Å². The standard InChI is InChI=1S/C24H28N4O3S/c1-17-11-12-23(18(2)15-17)32(30,31)26-14-13-24(29)25-16-21-20-9-6-10-22(20)28(27-21)19-7-4-3-5-8-19/h3-5,7-8,11-12,15,26H,6,9-10,13-14,16H2,1-2H3,(H,25,29). The monoisotopic (exact) mass is 452 g/mol. The van der Waals surface area contributed by atoms with Gasteiger partial charge in [-0.25, -0.2) is 17.8 Å². The summed E-state index contributed by atoms with van der Waals surface area (Å²) in [7, 11) is -3.65. The molecular weight excluding hydrogens is 424 g/mol. The van der Waals surface area contributed by atoms with Crippen molar-refractivity contribution in [2.75, 3.05) is 6.54 Å². The van der Waals surface area contributed by atoms with Gasteiger partial charge in [-0.3, -0.25) is 4.79 Å². The molecule has 1 aliphatic carbocycles. The minimum absolute atomic E-state index is 0.0397. The lowest BCUT2D eigenvalue weighted by Crippen LogP contribution is -2.31. The van der Waals surface area contributed by atoms with Gasteiger partial charge in [0.05, 0.1) is 22.8 Å². The zero-order valence-electron chi connectivity index (χ0n) is 18.4. The molecule has 0 spiro atoms. The molecule has 0 bridgehead atoms. The van der Waals surface area contributed by atoms with Crippen molar-refractivity contribution in [2.24, 2.45) is 0 Å². The number of fused-ring (bicyclic) bond motifs is 1. The molecule has 0 unspecified atom stereocenters. The maximum absolute atomic E-state index is 12.5. The van der Waals surface area contributed by atoms with Crippen LogP contribution in [-0.4, -0.2) is 30.7 Å². The highest BCUT2D eigenvalue weighted by molar-refractivity contribution is 7.89. The van der Waals surface area contributed by atoms with Gasteiger partial charge in [0, 0.05) is 18.7 Å². The van der Waals surface area contributed by atoms with Crippen LogP contribution in [-0.2, 0) is 34.2 Å². The lowest BCUT2D eigenvalue weighted by Gasteiger charge is -2.10. The van der Waals surface area contributed by atoms with E-state index in [0.29, 0.717) is 12.1 Å². The third-order valence-electron chi connectivity index (χ3n) is 5.73. The first-order valence-electron chi connectivity index (χ1n) is 10.8. The first-order chi connectivity index (χ1) is 15.3. The molecule has 32 heavy (non-hydrogen) atoms. The Kier molecular flexibility index (Phi) is 6.43. The molecule has 2 aromatic carbocycles. The van der Waals surface area contributed by atoms with Crippen molar-refractivity contribution in [2.45, 2.75) is 51.0 Å². The number of hydrogen-bond acceptors (Lipinski definition) is 4. The molecule has 7 nitrogen and oxygen atoms in total. The van der Waals surface area contributed by atoms with E-state index in [1.165, 1.54) is 11.3 Å². The van der Waals surface area contributed by atoms with Crippen LogP contribution in [0.25, 0.3) is 5.69 Å². The first kappa shape index (κ1) is 22.2. The van der Waals surface area contributed by atoms with Crippen molar-refractivity contribution in [3.05, 3.63) is 76.6 Å². The van der Waals surface area contributed by atoms with Gasteiger partial charge in [0.1, 0.15) is 0 Å². The number of hydrogen-bond donors (Lipinski definition) is 2. The Morgan fingerprint density at radius 2 is 1.88 bits per heavy atom. The molecule has 2 N–H and O–H groups in total. The van der Waals surface area contributed by atoms with Gasteiger partial charge in [0.15, 0.2) is 0 Å². The van der Waals surface area contributed by atoms with Crippen LogP contribution in [0.1, 0.15) is 40.9 Å². The lowest BCUT2D eigenvalue weighted by atomic mass is 10.2. The fourth-order valence-electron chi connectivity index (χ4n) is 4.19. The van der Waals surface area contributed by atoms with Gasteiger partial charge in [-0.1, -0.05) is 35.9 Å². The molecule has 0 fully saturated rings. The van der Waals surface area contributed by atoms with Crippen molar-refractivity contribution < 1.29 is 13.2 Å². The number of amides is 1. The Morgan fingerprint density at radius 1 is 1.09 bits per heavy atom. The van der Waals surface area contributed by atoms with Crippen molar-refractivity contribution in [3.63, 3.8) is 0 Å². The predicted octanol–water partition coefficient (Wildman–Crippen LogP) is 2.96. The number of carbonyl (C=O) groups excluding carboxylic acids is 1. The van der Waals surface area contributed by atoms with Crippen LogP contribution in [0.3, 0.4) is 0 Å². The van der Waals surface area contributed by atoms with Crippen LogP contribution in [0.5, 0.6) is 0 Å². The Morgan fingerprint density at radius 3 is 2.62 bits per heavy atom. The van der Waals surface area contributed by atoms with Crippen LogP contribution in [0, 0.1) is 13.8 Å². The normalized spacial score (nSPS) is 13.2. The molecule has 0 saturated carbocycles. The largest absolute Gasteiger partial charge is 0.350 e. The van der Waals surface area contributed by atoms with E-state index in [0.717, 1.165) is 36.2 Å². The summed E-state index contributed by atoms with van der Waals surface area (Å²) in [6.45, 7) is 4.06. The molecule has 0 saturated heterocycles. The second-order valence-corrected chi connectivity index (χ2v) is 9.90. The second-order valence-electron chi connectivity index (χ2n) is 8.17. The summed E-state index contributed by atoms with van der Waals surface area (Å²) < 4.78 is 29.6. The maximum atomic E-state index is 12.5. The van der Waals surface area contributed by atoms with Crippen LogP contribution < -0.4 is 10.0 Å².